The normalized spacial score (nSPS) is 13.3. The maximum Gasteiger partial charge on any atom is 0.152 e. The molecule has 0 bridgehead atoms. The molecule has 1 atom stereocenters. The van der Waals surface area contributed by atoms with Gasteiger partial charge in [0.25, 0.3) is 0 Å². The molecule has 1 aromatic rings. The highest BCUT2D eigenvalue weighted by atomic mass is 32.2. The maximum atomic E-state index is 12.3. The van der Waals surface area contributed by atoms with Crippen LogP contribution in [0.4, 0.5) is 0 Å². The van der Waals surface area contributed by atoms with Gasteiger partial charge in [-0.2, -0.15) is 0 Å². The largest absolute Gasteiger partial charge is 0.309 e. The van der Waals surface area contributed by atoms with Crippen LogP contribution >= 0.6 is 0 Å². The first kappa shape index (κ1) is 18.2. The Morgan fingerprint density at radius 1 is 1.14 bits per heavy atom. The molecular weight excluding hydrogens is 282 g/mol. The Bertz CT molecular complexity index is 511. The molecule has 0 saturated carbocycles. The molecule has 0 heterocycles. The monoisotopic (exact) mass is 311 g/mol. The molecule has 3 nitrogen and oxygen atoms in total. The van der Waals surface area contributed by atoms with E-state index >= 15 is 0 Å². The van der Waals surface area contributed by atoms with Gasteiger partial charge in [-0.1, -0.05) is 56.5 Å². The van der Waals surface area contributed by atoms with Gasteiger partial charge in [-0.25, -0.2) is 8.42 Å². The van der Waals surface area contributed by atoms with Gasteiger partial charge in [0.1, 0.15) is 0 Å². The van der Waals surface area contributed by atoms with Crippen LogP contribution in [-0.2, 0) is 9.84 Å². The number of unbranched alkanes of at least 4 members (excludes halogenated alkanes) is 2. The van der Waals surface area contributed by atoms with E-state index in [2.05, 4.69) is 25.2 Å². The average molecular weight is 311 g/mol. The van der Waals surface area contributed by atoms with E-state index in [9.17, 15) is 8.42 Å². The second kappa shape index (κ2) is 9.21. The molecule has 0 aromatic heterocycles. The fraction of sp³-hybridized carbons (Fsp3) is 0.647. The highest BCUT2D eigenvalue weighted by Crippen LogP contribution is 2.18. The summed E-state index contributed by atoms with van der Waals surface area (Å²) in [4.78, 5) is 0. The summed E-state index contributed by atoms with van der Waals surface area (Å²) in [5.74, 6) is 0.497. The Kier molecular flexibility index (Phi) is 7.97. The standard InChI is InChI=1S/C17H29NO2S/c1-4-6-7-12-21(19,20)14-17(18-11-5-2)16-10-8-9-15(3)13-16/h8-10,13,17-18H,4-7,11-12,14H2,1-3H3. The van der Waals surface area contributed by atoms with Crippen molar-refractivity contribution in [2.45, 2.75) is 52.5 Å². The molecule has 0 aliphatic heterocycles. The average Bonchev–Trinajstić information content (AvgIpc) is 2.43. The van der Waals surface area contributed by atoms with Crippen LogP contribution in [0.25, 0.3) is 0 Å². The Morgan fingerprint density at radius 2 is 1.90 bits per heavy atom. The molecule has 0 fully saturated rings. The summed E-state index contributed by atoms with van der Waals surface area (Å²) in [6.45, 7) is 7.06. The van der Waals surface area contributed by atoms with Crippen LogP contribution in [0.15, 0.2) is 24.3 Å². The van der Waals surface area contributed by atoms with E-state index in [1.807, 2.05) is 25.1 Å². The predicted octanol–water partition coefficient (Wildman–Crippen LogP) is 3.64. The van der Waals surface area contributed by atoms with Crippen LogP contribution in [0.1, 0.15) is 56.7 Å². The van der Waals surface area contributed by atoms with E-state index in [4.69, 9.17) is 0 Å². The van der Waals surface area contributed by atoms with Crippen molar-refractivity contribution in [3.8, 4) is 0 Å². The van der Waals surface area contributed by atoms with Gasteiger partial charge in [0.05, 0.1) is 11.5 Å². The van der Waals surface area contributed by atoms with Crippen molar-refractivity contribution in [3.63, 3.8) is 0 Å². The number of benzene rings is 1. The zero-order valence-electron chi connectivity index (χ0n) is 13.6. The van der Waals surface area contributed by atoms with Crippen LogP contribution in [0.2, 0.25) is 0 Å². The Labute approximate surface area is 130 Å². The lowest BCUT2D eigenvalue weighted by molar-refractivity contribution is 0.544. The summed E-state index contributed by atoms with van der Waals surface area (Å²) in [5.41, 5.74) is 2.24. The van der Waals surface area contributed by atoms with Crippen LogP contribution in [0.5, 0.6) is 0 Å². The summed E-state index contributed by atoms with van der Waals surface area (Å²) in [6.07, 6.45) is 3.80. The quantitative estimate of drug-likeness (QED) is 0.671. The topological polar surface area (TPSA) is 46.2 Å². The first-order valence-corrected chi connectivity index (χ1v) is 9.81. The van der Waals surface area contributed by atoms with Gasteiger partial charge in [-0.3, -0.25) is 0 Å². The predicted molar refractivity (Wildman–Crippen MR) is 90.4 cm³/mol. The number of aryl methyl sites for hydroxylation is 1. The summed E-state index contributed by atoms with van der Waals surface area (Å²) in [7, 11) is -3.01. The molecule has 1 rings (SSSR count). The van der Waals surface area contributed by atoms with Crippen molar-refractivity contribution in [1.29, 1.82) is 0 Å². The molecule has 21 heavy (non-hydrogen) atoms. The molecule has 1 aromatic carbocycles. The van der Waals surface area contributed by atoms with Crippen LogP contribution < -0.4 is 5.32 Å². The lowest BCUT2D eigenvalue weighted by atomic mass is 10.1. The van der Waals surface area contributed by atoms with E-state index in [1.54, 1.807) is 0 Å². The Hall–Kier alpha value is -0.870. The van der Waals surface area contributed by atoms with E-state index in [0.717, 1.165) is 37.8 Å². The van der Waals surface area contributed by atoms with Gasteiger partial charge in [-0.15, -0.1) is 0 Å². The molecule has 1 unspecified atom stereocenters. The van der Waals surface area contributed by atoms with Crippen molar-refractivity contribution in [3.05, 3.63) is 35.4 Å². The lowest BCUT2D eigenvalue weighted by Gasteiger charge is -2.19. The van der Waals surface area contributed by atoms with Crippen molar-refractivity contribution in [2.75, 3.05) is 18.1 Å². The van der Waals surface area contributed by atoms with Crippen molar-refractivity contribution in [1.82, 2.24) is 5.32 Å². The van der Waals surface area contributed by atoms with E-state index in [1.165, 1.54) is 5.56 Å². The third-order valence-corrected chi connectivity index (χ3v) is 5.32. The minimum atomic E-state index is -3.01. The molecule has 0 aliphatic carbocycles. The lowest BCUT2D eigenvalue weighted by Crippen LogP contribution is -2.30. The zero-order valence-corrected chi connectivity index (χ0v) is 14.4. The third-order valence-electron chi connectivity index (χ3n) is 3.56. The van der Waals surface area contributed by atoms with Gasteiger partial charge in [0.2, 0.25) is 0 Å². The van der Waals surface area contributed by atoms with Gasteiger partial charge >= 0.3 is 0 Å². The highest BCUT2D eigenvalue weighted by molar-refractivity contribution is 7.91. The molecule has 0 amide bonds. The molecule has 120 valence electrons. The zero-order chi connectivity index (χ0) is 15.7. The first-order valence-electron chi connectivity index (χ1n) is 7.99. The fourth-order valence-electron chi connectivity index (χ4n) is 2.39. The van der Waals surface area contributed by atoms with Crippen LogP contribution in [0, 0.1) is 6.92 Å². The number of hydrogen-bond donors (Lipinski definition) is 1. The maximum absolute atomic E-state index is 12.3. The van der Waals surface area contributed by atoms with Crippen LogP contribution in [-0.4, -0.2) is 26.5 Å². The fourth-order valence-corrected chi connectivity index (χ4v) is 4.02. The number of sulfone groups is 1. The van der Waals surface area contributed by atoms with Gasteiger partial charge in [0.15, 0.2) is 9.84 Å². The molecule has 0 spiro atoms. The second-order valence-electron chi connectivity index (χ2n) is 5.74. The number of nitrogens with one attached hydrogen (secondary N) is 1. The summed E-state index contributed by atoms with van der Waals surface area (Å²) < 4.78 is 24.6. The molecule has 4 heteroatoms. The SMILES string of the molecule is CCCCCS(=O)(=O)CC(NCCC)c1cccc(C)c1. The minimum Gasteiger partial charge on any atom is -0.309 e. The van der Waals surface area contributed by atoms with E-state index in [-0.39, 0.29) is 11.8 Å². The smallest absolute Gasteiger partial charge is 0.152 e. The summed E-state index contributed by atoms with van der Waals surface area (Å²) >= 11 is 0. The Morgan fingerprint density at radius 3 is 2.52 bits per heavy atom. The molecule has 0 aliphatic rings. The summed E-state index contributed by atoms with van der Waals surface area (Å²) in [5, 5.41) is 3.38. The number of hydrogen-bond acceptors (Lipinski definition) is 3. The van der Waals surface area contributed by atoms with Gasteiger partial charge < -0.3 is 5.32 Å². The molecule has 0 radical (unpaired) electrons. The summed E-state index contributed by atoms with van der Waals surface area (Å²) in [6, 6.07) is 8.03. The minimum absolute atomic E-state index is 0.100. The first-order chi connectivity index (χ1) is 9.98. The third kappa shape index (κ3) is 7.09. The van der Waals surface area contributed by atoms with Gasteiger partial charge in [-0.05, 0) is 31.9 Å². The van der Waals surface area contributed by atoms with Crippen LogP contribution in [0.3, 0.4) is 0 Å². The highest BCUT2D eigenvalue weighted by Gasteiger charge is 2.20. The molecule has 0 saturated heterocycles. The number of rotatable bonds is 10. The van der Waals surface area contributed by atoms with E-state index in [0.29, 0.717) is 5.75 Å². The van der Waals surface area contributed by atoms with Gasteiger partial charge in [0, 0.05) is 6.04 Å². The molecule has 1 N–H and O–H groups in total. The van der Waals surface area contributed by atoms with Crippen molar-refractivity contribution >= 4 is 9.84 Å². The Balaban J connectivity index is 2.78. The van der Waals surface area contributed by atoms with E-state index < -0.39 is 9.84 Å². The van der Waals surface area contributed by atoms with Crippen molar-refractivity contribution < 1.29 is 8.42 Å². The van der Waals surface area contributed by atoms with Crippen molar-refractivity contribution in [2.24, 2.45) is 0 Å². The molecular formula is C17H29NO2S. The second-order valence-corrected chi connectivity index (χ2v) is 7.97.